The predicted octanol–water partition coefficient (Wildman–Crippen LogP) is 4.19. The van der Waals surface area contributed by atoms with Crippen molar-refractivity contribution in [3.8, 4) is 5.75 Å². The number of phenols is 1. The zero-order chi connectivity index (χ0) is 19.4. The summed E-state index contributed by atoms with van der Waals surface area (Å²) in [7, 11) is 0. The van der Waals surface area contributed by atoms with E-state index in [1.54, 1.807) is 29.5 Å². The Morgan fingerprint density at radius 3 is 2.79 bits per heavy atom. The Bertz CT molecular complexity index is 1180. The molecule has 5 rings (SSSR count). The third-order valence-corrected chi connectivity index (χ3v) is 6.95. The maximum absolute atomic E-state index is 13.2. The molecule has 2 aliphatic rings. The van der Waals surface area contributed by atoms with E-state index in [1.807, 2.05) is 11.4 Å². The molecule has 3 heterocycles. The van der Waals surface area contributed by atoms with Crippen LogP contribution in [0.5, 0.6) is 5.75 Å². The summed E-state index contributed by atoms with van der Waals surface area (Å²) in [6, 6.07) is 9.12. The van der Waals surface area contributed by atoms with Crippen molar-refractivity contribution in [3.63, 3.8) is 0 Å². The number of allylic oxidation sites excluding steroid dienone is 2. The predicted molar refractivity (Wildman–Crippen MR) is 111 cm³/mol. The number of aromatic amines is 2. The summed E-state index contributed by atoms with van der Waals surface area (Å²) in [6.45, 7) is 0. The van der Waals surface area contributed by atoms with Crippen molar-refractivity contribution in [2.24, 2.45) is 0 Å². The highest BCUT2D eigenvalue weighted by molar-refractivity contribution is 9.10. The number of Topliss-reactive ketones (excluding diaryl/α,β-unsaturated/α-hetero) is 1. The number of thiophene rings is 1. The van der Waals surface area contributed by atoms with Crippen LogP contribution in [0.2, 0.25) is 0 Å². The van der Waals surface area contributed by atoms with E-state index < -0.39 is 5.92 Å². The number of carbonyl (C=O) groups excluding carboxylic acids is 1. The molecule has 142 valence electrons. The fourth-order valence-electron chi connectivity index (χ4n) is 4.21. The monoisotopic (exact) mass is 457 g/mol. The van der Waals surface area contributed by atoms with Crippen LogP contribution in [-0.2, 0) is 4.79 Å². The van der Waals surface area contributed by atoms with E-state index >= 15 is 0 Å². The molecule has 4 N–H and O–H groups in total. The molecule has 0 saturated carbocycles. The van der Waals surface area contributed by atoms with E-state index in [1.165, 1.54) is 4.88 Å². The summed E-state index contributed by atoms with van der Waals surface area (Å²) in [6.07, 6.45) is 1.07. The Kier molecular flexibility index (Phi) is 4.06. The molecule has 0 radical (unpaired) electrons. The van der Waals surface area contributed by atoms with Crippen LogP contribution in [-0.4, -0.2) is 21.1 Å². The SMILES string of the molecule is O=C1C[C@H](c2cccs2)CC2=C1[C@H](c1cc(Br)ccc1O)c1c([nH][nH]c1=O)N2. The molecule has 1 aliphatic carbocycles. The minimum absolute atomic E-state index is 0.00257. The fraction of sp³-hybridized carbons (Fsp3) is 0.200. The number of rotatable bonds is 2. The van der Waals surface area contributed by atoms with Gasteiger partial charge in [-0.15, -0.1) is 11.3 Å². The highest BCUT2D eigenvalue weighted by Gasteiger charge is 2.41. The van der Waals surface area contributed by atoms with E-state index in [-0.39, 0.29) is 23.0 Å². The molecule has 6 nitrogen and oxygen atoms in total. The van der Waals surface area contributed by atoms with Gasteiger partial charge in [0.1, 0.15) is 11.6 Å². The lowest BCUT2D eigenvalue weighted by atomic mass is 9.73. The van der Waals surface area contributed by atoms with Gasteiger partial charge in [-0.3, -0.25) is 19.8 Å². The first-order valence-corrected chi connectivity index (χ1v) is 10.6. The molecule has 1 aliphatic heterocycles. The first-order valence-electron chi connectivity index (χ1n) is 8.88. The molecule has 0 unspecified atom stereocenters. The van der Waals surface area contributed by atoms with Crippen molar-refractivity contribution in [2.45, 2.75) is 24.7 Å². The fourth-order valence-corrected chi connectivity index (χ4v) is 5.42. The molecule has 28 heavy (non-hydrogen) atoms. The summed E-state index contributed by atoms with van der Waals surface area (Å²) >= 11 is 5.08. The van der Waals surface area contributed by atoms with Crippen LogP contribution in [0.4, 0.5) is 5.82 Å². The number of phenolic OH excluding ortho intramolecular Hbond substituents is 1. The molecule has 0 spiro atoms. The second-order valence-electron chi connectivity index (χ2n) is 7.06. The maximum atomic E-state index is 13.2. The van der Waals surface area contributed by atoms with E-state index in [4.69, 9.17) is 0 Å². The minimum Gasteiger partial charge on any atom is -0.508 e. The number of nitrogens with one attached hydrogen (secondary N) is 3. The molecule has 0 fully saturated rings. The van der Waals surface area contributed by atoms with Gasteiger partial charge in [-0.25, -0.2) is 0 Å². The molecular formula is C20H16BrN3O3S. The van der Waals surface area contributed by atoms with Gasteiger partial charge >= 0.3 is 0 Å². The summed E-state index contributed by atoms with van der Waals surface area (Å²) in [5.74, 6) is 0.107. The molecule has 0 bridgehead atoms. The van der Waals surface area contributed by atoms with Gasteiger partial charge in [0.15, 0.2) is 5.78 Å². The number of hydrogen-bond acceptors (Lipinski definition) is 5. The summed E-state index contributed by atoms with van der Waals surface area (Å²) in [5, 5.41) is 21.3. The molecule has 8 heteroatoms. The molecule has 3 aromatic rings. The summed E-state index contributed by atoms with van der Waals surface area (Å²) in [4.78, 5) is 26.9. The first kappa shape index (κ1) is 17.5. The van der Waals surface area contributed by atoms with Gasteiger partial charge in [0.2, 0.25) is 0 Å². The summed E-state index contributed by atoms with van der Waals surface area (Å²) in [5.41, 5.74) is 2.04. The molecule has 2 aromatic heterocycles. The molecule has 0 amide bonds. The Balaban J connectivity index is 1.70. The largest absolute Gasteiger partial charge is 0.508 e. The van der Waals surface area contributed by atoms with E-state index in [2.05, 4.69) is 37.5 Å². The lowest BCUT2D eigenvalue weighted by Gasteiger charge is -2.34. The number of ketones is 1. The van der Waals surface area contributed by atoms with Crippen LogP contribution in [0.25, 0.3) is 0 Å². The van der Waals surface area contributed by atoms with Crippen LogP contribution in [0.3, 0.4) is 0 Å². The van der Waals surface area contributed by atoms with E-state index in [0.717, 1.165) is 10.2 Å². The second-order valence-corrected chi connectivity index (χ2v) is 8.96. The highest BCUT2D eigenvalue weighted by Crippen LogP contribution is 2.48. The average Bonchev–Trinajstić information content (AvgIpc) is 3.33. The lowest BCUT2D eigenvalue weighted by Crippen LogP contribution is -2.31. The number of anilines is 1. The number of H-pyrrole nitrogens is 2. The Labute approximate surface area is 172 Å². The van der Waals surface area contributed by atoms with Gasteiger partial charge in [-0.1, -0.05) is 22.0 Å². The van der Waals surface area contributed by atoms with Gasteiger partial charge < -0.3 is 10.4 Å². The standard InChI is InChI=1S/C20H16BrN3O3S/c21-10-3-4-13(25)11(8-10)16-17-12(22-19-18(16)20(27)24-23-19)6-9(7-14(17)26)15-2-1-5-28-15/h1-5,8-9,16,25H,6-7H2,(H3,22,23,24,27)/t9-,16+/m1/s1. The lowest BCUT2D eigenvalue weighted by molar-refractivity contribution is -0.116. The smallest absolute Gasteiger partial charge is 0.270 e. The van der Waals surface area contributed by atoms with Crippen molar-refractivity contribution in [1.29, 1.82) is 0 Å². The maximum Gasteiger partial charge on any atom is 0.270 e. The number of aromatic nitrogens is 2. The molecule has 0 saturated heterocycles. The number of hydrogen-bond donors (Lipinski definition) is 4. The molecule has 2 atom stereocenters. The Morgan fingerprint density at radius 1 is 1.14 bits per heavy atom. The van der Waals surface area contributed by atoms with Gasteiger partial charge in [0.05, 0.1) is 11.5 Å². The van der Waals surface area contributed by atoms with Gasteiger partial charge in [0, 0.05) is 38.5 Å². The number of aromatic hydroxyl groups is 1. The van der Waals surface area contributed by atoms with Crippen molar-refractivity contribution < 1.29 is 9.90 Å². The van der Waals surface area contributed by atoms with Crippen molar-refractivity contribution >= 4 is 38.9 Å². The van der Waals surface area contributed by atoms with Crippen molar-refractivity contribution in [1.82, 2.24) is 10.2 Å². The minimum atomic E-state index is -0.615. The van der Waals surface area contributed by atoms with Crippen LogP contribution in [0, 0.1) is 0 Å². The molecular weight excluding hydrogens is 442 g/mol. The quantitative estimate of drug-likeness (QED) is 0.463. The summed E-state index contributed by atoms with van der Waals surface area (Å²) < 4.78 is 0.772. The third kappa shape index (κ3) is 2.67. The average molecular weight is 458 g/mol. The van der Waals surface area contributed by atoms with Crippen LogP contribution in [0.1, 0.15) is 40.7 Å². The number of fused-ring (bicyclic) bond motifs is 1. The first-order chi connectivity index (χ1) is 13.5. The number of carbonyl (C=O) groups is 1. The molecule has 1 aromatic carbocycles. The van der Waals surface area contributed by atoms with Gasteiger partial charge in [0.25, 0.3) is 5.56 Å². The van der Waals surface area contributed by atoms with Crippen molar-refractivity contribution in [3.05, 3.63) is 77.8 Å². The van der Waals surface area contributed by atoms with Crippen LogP contribution in [0.15, 0.2) is 56.2 Å². The second kappa shape index (κ2) is 6.49. The zero-order valence-electron chi connectivity index (χ0n) is 14.6. The number of halogens is 1. The zero-order valence-corrected chi connectivity index (χ0v) is 17.0. The highest BCUT2D eigenvalue weighted by atomic mass is 79.9. The normalized spacial score (nSPS) is 21.2. The van der Waals surface area contributed by atoms with Gasteiger partial charge in [-0.05, 0) is 36.1 Å². The van der Waals surface area contributed by atoms with Gasteiger partial charge in [-0.2, -0.15) is 0 Å². The number of benzene rings is 1. The van der Waals surface area contributed by atoms with Crippen LogP contribution < -0.4 is 10.9 Å². The third-order valence-electron chi connectivity index (χ3n) is 5.42. The topological polar surface area (TPSA) is 98.0 Å². The Hall–Kier alpha value is -2.58. The van der Waals surface area contributed by atoms with Crippen LogP contribution >= 0.6 is 27.3 Å². The van der Waals surface area contributed by atoms with E-state index in [0.29, 0.717) is 35.4 Å². The van der Waals surface area contributed by atoms with E-state index in [9.17, 15) is 14.7 Å². The Morgan fingerprint density at radius 2 is 2.00 bits per heavy atom. The van der Waals surface area contributed by atoms with Crippen molar-refractivity contribution in [2.75, 3.05) is 5.32 Å².